The van der Waals surface area contributed by atoms with Gasteiger partial charge < -0.3 is 10.6 Å². The van der Waals surface area contributed by atoms with Crippen LogP contribution < -0.4 is 10.6 Å². The van der Waals surface area contributed by atoms with Crippen molar-refractivity contribution in [2.24, 2.45) is 0 Å². The molecular weight excluding hydrogens is 316 g/mol. The quantitative estimate of drug-likeness (QED) is 0.861. The van der Waals surface area contributed by atoms with Gasteiger partial charge in [0, 0.05) is 23.1 Å². The number of amides is 1. The molecule has 0 aliphatic heterocycles. The third kappa shape index (κ3) is 4.38. The molecule has 0 bridgehead atoms. The van der Waals surface area contributed by atoms with Crippen LogP contribution in [-0.4, -0.2) is 12.5 Å². The lowest BCUT2D eigenvalue weighted by atomic mass is 10.2. The monoisotopic (exact) mass is 332 g/mol. The van der Waals surface area contributed by atoms with E-state index in [9.17, 15) is 4.79 Å². The van der Waals surface area contributed by atoms with E-state index < -0.39 is 0 Å². The SMILES string of the molecule is Cc1ccc(NC(=O)CCNc2ccccc2)c(Br)c1. The lowest BCUT2D eigenvalue weighted by Crippen LogP contribution is -2.16. The Kier molecular flexibility index (Phi) is 5.18. The molecule has 2 N–H and O–H groups in total. The van der Waals surface area contributed by atoms with E-state index in [2.05, 4.69) is 26.6 Å². The number of carbonyl (C=O) groups excluding carboxylic acids is 1. The number of halogens is 1. The van der Waals surface area contributed by atoms with Crippen molar-refractivity contribution in [2.75, 3.05) is 17.2 Å². The lowest BCUT2D eigenvalue weighted by Gasteiger charge is -2.09. The molecule has 0 aliphatic rings. The molecule has 0 fully saturated rings. The number of hydrogen-bond acceptors (Lipinski definition) is 2. The highest BCUT2D eigenvalue weighted by atomic mass is 79.9. The molecule has 0 aliphatic carbocycles. The molecule has 0 unspecified atom stereocenters. The van der Waals surface area contributed by atoms with E-state index in [0.29, 0.717) is 13.0 Å². The largest absolute Gasteiger partial charge is 0.385 e. The molecule has 0 aromatic heterocycles. The second-order valence-corrected chi connectivity index (χ2v) is 5.43. The molecule has 0 spiro atoms. The summed E-state index contributed by atoms with van der Waals surface area (Å²) in [4.78, 5) is 11.9. The highest BCUT2D eigenvalue weighted by molar-refractivity contribution is 9.10. The first-order chi connectivity index (χ1) is 9.65. The van der Waals surface area contributed by atoms with E-state index >= 15 is 0 Å². The van der Waals surface area contributed by atoms with Crippen molar-refractivity contribution < 1.29 is 4.79 Å². The summed E-state index contributed by atoms with van der Waals surface area (Å²) < 4.78 is 0.905. The molecule has 2 rings (SSSR count). The van der Waals surface area contributed by atoms with E-state index in [1.54, 1.807) is 0 Å². The first-order valence-electron chi connectivity index (χ1n) is 6.50. The predicted molar refractivity (Wildman–Crippen MR) is 87.1 cm³/mol. The summed E-state index contributed by atoms with van der Waals surface area (Å²) >= 11 is 3.45. The summed E-state index contributed by atoms with van der Waals surface area (Å²) in [6, 6.07) is 15.7. The average molecular weight is 333 g/mol. The van der Waals surface area contributed by atoms with Crippen LogP contribution in [0.2, 0.25) is 0 Å². The van der Waals surface area contributed by atoms with Crippen LogP contribution in [0, 0.1) is 6.92 Å². The van der Waals surface area contributed by atoms with Gasteiger partial charge in [0.2, 0.25) is 5.91 Å². The van der Waals surface area contributed by atoms with Gasteiger partial charge in [-0.25, -0.2) is 0 Å². The molecule has 1 amide bonds. The molecule has 20 heavy (non-hydrogen) atoms. The molecular formula is C16H17BrN2O. The third-order valence-electron chi connectivity index (χ3n) is 2.85. The number of aryl methyl sites for hydroxylation is 1. The highest BCUT2D eigenvalue weighted by Crippen LogP contribution is 2.23. The van der Waals surface area contributed by atoms with Gasteiger partial charge in [0.1, 0.15) is 0 Å². The van der Waals surface area contributed by atoms with Crippen molar-refractivity contribution in [3.05, 3.63) is 58.6 Å². The number of nitrogens with one attached hydrogen (secondary N) is 2. The van der Waals surface area contributed by atoms with Crippen LogP contribution >= 0.6 is 15.9 Å². The van der Waals surface area contributed by atoms with E-state index in [1.165, 1.54) is 0 Å². The van der Waals surface area contributed by atoms with Crippen molar-refractivity contribution in [3.8, 4) is 0 Å². The fourth-order valence-corrected chi connectivity index (χ4v) is 2.40. The van der Waals surface area contributed by atoms with E-state index in [-0.39, 0.29) is 5.91 Å². The Morgan fingerprint density at radius 3 is 2.60 bits per heavy atom. The summed E-state index contributed by atoms with van der Waals surface area (Å²) in [6.07, 6.45) is 0.426. The minimum atomic E-state index is -0.00187. The standard InChI is InChI=1S/C16H17BrN2O/c1-12-7-8-15(14(17)11-12)19-16(20)9-10-18-13-5-3-2-4-6-13/h2-8,11,18H,9-10H2,1H3,(H,19,20). The molecule has 0 saturated carbocycles. The molecule has 2 aromatic rings. The van der Waals surface area contributed by atoms with Gasteiger partial charge in [0.15, 0.2) is 0 Å². The Morgan fingerprint density at radius 1 is 1.15 bits per heavy atom. The summed E-state index contributed by atoms with van der Waals surface area (Å²) in [5.41, 5.74) is 2.98. The van der Waals surface area contributed by atoms with Gasteiger partial charge in [0.25, 0.3) is 0 Å². The average Bonchev–Trinajstić information content (AvgIpc) is 2.43. The Hall–Kier alpha value is -1.81. The van der Waals surface area contributed by atoms with Gasteiger partial charge in [-0.3, -0.25) is 4.79 Å². The van der Waals surface area contributed by atoms with Gasteiger partial charge in [-0.1, -0.05) is 24.3 Å². The predicted octanol–water partition coefficient (Wildman–Crippen LogP) is 4.20. The fourth-order valence-electron chi connectivity index (χ4n) is 1.81. The van der Waals surface area contributed by atoms with Crippen LogP contribution in [0.3, 0.4) is 0 Å². The van der Waals surface area contributed by atoms with Gasteiger partial charge in [-0.05, 0) is 52.7 Å². The molecule has 4 heteroatoms. The van der Waals surface area contributed by atoms with Gasteiger partial charge in [-0.2, -0.15) is 0 Å². The number of rotatable bonds is 5. The number of carbonyl (C=O) groups is 1. The summed E-state index contributed by atoms with van der Waals surface area (Å²) in [5.74, 6) is -0.00187. The van der Waals surface area contributed by atoms with Gasteiger partial charge in [0.05, 0.1) is 5.69 Å². The zero-order chi connectivity index (χ0) is 14.4. The zero-order valence-electron chi connectivity index (χ0n) is 11.3. The molecule has 3 nitrogen and oxygen atoms in total. The maximum Gasteiger partial charge on any atom is 0.226 e. The zero-order valence-corrected chi connectivity index (χ0v) is 12.9. The van der Waals surface area contributed by atoms with Crippen molar-refractivity contribution in [3.63, 3.8) is 0 Å². The van der Waals surface area contributed by atoms with E-state index in [1.807, 2.05) is 55.5 Å². The van der Waals surface area contributed by atoms with Gasteiger partial charge >= 0.3 is 0 Å². The normalized spacial score (nSPS) is 10.1. The number of hydrogen-bond donors (Lipinski definition) is 2. The van der Waals surface area contributed by atoms with Crippen molar-refractivity contribution in [2.45, 2.75) is 13.3 Å². The maximum atomic E-state index is 11.9. The second-order valence-electron chi connectivity index (χ2n) is 4.57. The second kappa shape index (κ2) is 7.10. The Labute approximate surface area is 127 Å². The molecule has 2 aromatic carbocycles. The number of anilines is 2. The number of benzene rings is 2. The molecule has 0 saturated heterocycles. The van der Waals surface area contributed by atoms with E-state index in [0.717, 1.165) is 21.4 Å². The van der Waals surface area contributed by atoms with Crippen LogP contribution in [-0.2, 0) is 4.79 Å². The van der Waals surface area contributed by atoms with Crippen LogP contribution in [0.1, 0.15) is 12.0 Å². The smallest absolute Gasteiger partial charge is 0.226 e. The lowest BCUT2D eigenvalue weighted by molar-refractivity contribution is -0.115. The van der Waals surface area contributed by atoms with Crippen LogP contribution in [0.15, 0.2) is 53.0 Å². The molecule has 0 heterocycles. The summed E-state index contributed by atoms with van der Waals surface area (Å²) in [5, 5.41) is 6.11. The maximum absolute atomic E-state index is 11.9. The molecule has 104 valence electrons. The Balaban J connectivity index is 1.81. The number of para-hydroxylation sites is 1. The fraction of sp³-hybridized carbons (Fsp3) is 0.188. The first kappa shape index (κ1) is 14.6. The summed E-state index contributed by atoms with van der Waals surface area (Å²) in [7, 11) is 0. The minimum absolute atomic E-state index is 0.00187. The van der Waals surface area contributed by atoms with Gasteiger partial charge in [-0.15, -0.1) is 0 Å². The van der Waals surface area contributed by atoms with Crippen molar-refractivity contribution in [1.29, 1.82) is 0 Å². The Bertz CT molecular complexity index is 584. The van der Waals surface area contributed by atoms with Crippen LogP contribution in [0.5, 0.6) is 0 Å². The summed E-state index contributed by atoms with van der Waals surface area (Å²) in [6.45, 7) is 2.62. The highest BCUT2D eigenvalue weighted by Gasteiger charge is 2.05. The van der Waals surface area contributed by atoms with Crippen LogP contribution in [0.4, 0.5) is 11.4 Å². The van der Waals surface area contributed by atoms with Crippen LogP contribution in [0.25, 0.3) is 0 Å². The minimum Gasteiger partial charge on any atom is -0.385 e. The topological polar surface area (TPSA) is 41.1 Å². The van der Waals surface area contributed by atoms with E-state index in [4.69, 9.17) is 0 Å². The first-order valence-corrected chi connectivity index (χ1v) is 7.29. The molecule has 0 radical (unpaired) electrons. The van der Waals surface area contributed by atoms with Crippen molar-refractivity contribution in [1.82, 2.24) is 0 Å². The molecule has 0 atom stereocenters. The Morgan fingerprint density at radius 2 is 1.90 bits per heavy atom. The van der Waals surface area contributed by atoms with Crippen molar-refractivity contribution >= 4 is 33.2 Å². The third-order valence-corrected chi connectivity index (χ3v) is 3.51.